The fraction of sp³-hybridized carbons (Fsp3) is 0.167. The molecule has 0 atom stereocenters. The van der Waals surface area contributed by atoms with Crippen LogP contribution in [0.2, 0.25) is 0 Å². The molecule has 2 aromatic rings. The molecule has 0 aliphatic rings. The van der Waals surface area contributed by atoms with E-state index in [1.807, 2.05) is 6.92 Å². The predicted octanol–water partition coefficient (Wildman–Crippen LogP) is 1.95. The van der Waals surface area contributed by atoms with Gasteiger partial charge in [-0.3, -0.25) is 4.79 Å². The maximum Gasteiger partial charge on any atom is 0.309 e. The molecule has 1 heterocycles. The zero-order valence-corrected chi connectivity index (χ0v) is 9.22. The topological polar surface area (TPSA) is 55.1 Å². The predicted molar refractivity (Wildman–Crippen MR) is 59.6 cm³/mol. The second-order valence-corrected chi connectivity index (χ2v) is 3.74. The van der Waals surface area contributed by atoms with Crippen molar-refractivity contribution in [3.63, 3.8) is 0 Å². The van der Waals surface area contributed by atoms with Crippen molar-refractivity contribution >= 4 is 5.97 Å². The molecule has 0 saturated heterocycles. The van der Waals surface area contributed by atoms with Gasteiger partial charge in [0.2, 0.25) is 0 Å². The van der Waals surface area contributed by atoms with E-state index in [2.05, 4.69) is 5.10 Å². The van der Waals surface area contributed by atoms with Crippen LogP contribution in [0.1, 0.15) is 11.4 Å². The average Bonchev–Trinajstić information content (AvgIpc) is 2.59. The van der Waals surface area contributed by atoms with Gasteiger partial charge in [0.25, 0.3) is 0 Å². The summed E-state index contributed by atoms with van der Waals surface area (Å²) in [5, 5.41) is 12.8. The molecule has 0 bridgehead atoms. The van der Waals surface area contributed by atoms with Crippen molar-refractivity contribution in [2.45, 2.75) is 13.3 Å². The number of hydrogen-bond donors (Lipinski definition) is 1. The van der Waals surface area contributed by atoms with Crippen LogP contribution in [-0.2, 0) is 11.2 Å². The summed E-state index contributed by atoms with van der Waals surface area (Å²) in [6, 6.07) is 7.58. The van der Waals surface area contributed by atoms with Crippen molar-refractivity contribution in [3.8, 4) is 5.69 Å². The Kier molecular flexibility index (Phi) is 2.91. The van der Waals surface area contributed by atoms with Crippen molar-refractivity contribution in [3.05, 3.63) is 47.5 Å². The van der Waals surface area contributed by atoms with Gasteiger partial charge in [-0.1, -0.05) is 0 Å². The highest BCUT2D eigenvalue weighted by Crippen LogP contribution is 2.13. The quantitative estimate of drug-likeness (QED) is 0.883. The molecule has 0 fully saturated rings. The van der Waals surface area contributed by atoms with Gasteiger partial charge in [-0.25, -0.2) is 9.07 Å². The maximum atomic E-state index is 12.8. The van der Waals surface area contributed by atoms with Crippen molar-refractivity contribution in [2.24, 2.45) is 0 Å². The van der Waals surface area contributed by atoms with Crippen LogP contribution in [0.4, 0.5) is 4.39 Å². The number of rotatable bonds is 3. The number of nitrogens with zero attached hydrogens (tertiary/aromatic N) is 2. The molecule has 0 amide bonds. The number of carbonyl (C=O) groups is 1. The molecule has 17 heavy (non-hydrogen) atoms. The second kappa shape index (κ2) is 4.37. The lowest BCUT2D eigenvalue weighted by molar-refractivity contribution is -0.136. The molecule has 0 saturated carbocycles. The lowest BCUT2D eigenvalue weighted by Gasteiger charge is -2.03. The summed E-state index contributed by atoms with van der Waals surface area (Å²) in [5.41, 5.74) is 2.01. The SMILES string of the molecule is Cc1cc(CC(=O)O)nn1-c1ccc(F)cc1. The van der Waals surface area contributed by atoms with Gasteiger partial charge in [0, 0.05) is 5.69 Å². The highest BCUT2D eigenvalue weighted by atomic mass is 19.1. The highest BCUT2D eigenvalue weighted by molar-refractivity contribution is 5.69. The Bertz CT molecular complexity index is 546. The number of carboxylic acid groups (broad SMARTS) is 1. The smallest absolute Gasteiger partial charge is 0.309 e. The third-order valence-electron chi connectivity index (χ3n) is 2.34. The van der Waals surface area contributed by atoms with Crippen molar-refractivity contribution in [1.82, 2.24) is 9.78 Å². The summed E-state index contributed by atoms with van der Waals surface area (Å²) in [4.78, 5) is 10.6. The molecular formula is C12H11FN2O2. The van der Waals surface area contributed by atoms with E-state index in [1.54, 1.807) is 22.9 Å². The number of halogens is 1. The van der Waals surface area contributed by atoms with Crippen LogP contribution in [0.3, 0.4) is 0 Å². The van der Waals surface area contributed by atoms with Crippen LogP contribution in [0.15, 0.2) is 30.3 Å². The van der Waals surface area contributed by atoms with E-state index in [-0.39, 0.29) is 12.2 Å². The first-order chi connectivity index (χ1) is 8.06. The van der Waals surface area contributed by atoms with Crippen LogP contribution in [-0.4, -0.2) is 20.9 Å². The highest BCUT2D eigenvalue weighted by Gasteiger charge is 2.09. The van der Waals surface area contributed by atoms with Crippen LogP contribution in [0.5, 0.6) is 0 Å². The molecule has 1 aromatic carbocycles. The normalized spacial score (nSPS) is 10.5. The van der Waals surface area contributed by atoms with Gasteiger partial charge < -0.3 is 5.11 Å². The second-order valence-electron chi connectivity index (χ2n) is 3.74. The minimum absolute atomic E-state index is 0.116. The van der Waals surface area contributed by atoms with Crippen molar-refractivity contribution < 1.29 is 14.3 Å². The van der Waals surface area contributed by atoms with E-state index in [9.17, 15) is 9.18 Å². The summed E-state index contributed by atoms with van der Waals surface area (Å²) >= 11 is 0. The zero-order valence-electron chi connectivity index (χ0n) is 9.22. The van der Waals surface area contributed by atoms with Gasteiger partial charge in [0.1, 0.15) is 5.82 Å². The number of hydrogen-bond acceptors (Lipinski definition) is 2. The van der Waals surface area contributed by atoms with Gasteiger partial charge in [-0.15, -0.1) is 0 Å². The third-order valence-corrected chi connectivity index (χ3v) is 2.34. The summed E-state index contributed by atoms with van der Waals surface area (Å²) in [5.74, 6) is -1.24. The lowest BCUT2D eigenvalue weighted by Crippen LogP contribution is -2.03. The van der Waals surface area contributed by atoms with Crippen molar-refractivity contribution in [2.75, 3.05) is 0 Å². The van der Waals surface area contributed by atoms with Crippen LogP contribution in [0, 0.1) is 12.7 Å². The van der Waals surface area contributed by atoms with Crippen molar-refractivity contribution in [1.29, 1.82) is 0 Å². The monoisotopic (exact) mass is 234 g/mol. The Balaban J connectivity index is 2.35. The largest absolute Gasteiger partial charge is 0.481 e. The number of aromatic nitrogens is 2. The van der Waals surface area contributed by atoms with E-state index < -0.39 is 5.97 Å². The zero-order chi connectivity index (χ0) is 12.4. The van der Waals surface area contributed by atoms with Gasteiger partial charge in [0.15, 0.2) is 0 Å². The Morgan fingerprint density at radius 3 is 2.65 bits per heavy atom. The number of carboxylic acids is 1. The molecule has 1 N–H and O–H groups in total. The molecule has 4 nitrogen and oxygen atoms in total. The molecule has 5 heteroatoms. The minimum Gasteiger partial charge on any atom is -0.481 e. The van der Waals surface area contributed by atoms with Crippen LogP contribution >= 0.6 is 0 Å². The summed E-state index contributed by atoms with van der Waals surface area (Å²) in [7, 11) is 0. The van der Waals surface area contributed by atoms with E-state index in [0.717, 1.165) is 5.69 Å². The molecule has 0 aliphatic carbocycles. The third kappa shape index (κ3) is 2.50. The average molecular weight is 234 g/mol. The molecule has 0 aliphatic heterocycles. The van der Waals surface area contributed by atoms with E-state index in [1.165, 1.54) is 12.1 Å². The van der Waals surface area contributed by atoms with Gasteiger partial charge >= 0.3 is 5.97 Å². The molecule has 0 radical (unpaired) electrons. The van der Waals surface area contributed by atoms with Gasteiger partial charge in [-0.2, -0.15) is 5.10 Å². The Hall–Kier alpha value is -2.17. The fourth-order valence-electron chi connectivity index (χ4n) is 1.62. The molecule has 0 unspecified atom stereocenters. The molecule has 2 rings (SSSR count). The summed E-state index contributed by atoms with van der Waals surface area (Å²) in [6.45, 7) is 1.82. The fourth-order valence-corrected chi connectivity index (χ4v) is 1.62. The number of aryl methyl sites for hydroxylation is 1. The summed E-state index contributed by atoms with van der Waals surface area (Å²) in [6.07, 6.45) is -0.116. The lowest BCUT2D eigenvalue weighted by atomic mass is 10.3. The Morgan fingerprint density at radius 2 is 2.06 bits per heavy atom. The first-order valence-electron chi connectivity index (χ1n) is 5.09. The summed E-state index contributed by atoms with van der Waals surface area (Å²) < 4.78 is 14.4. The molecule has 0 spiro atoms. The number of benzene rings is 1. The Labute approximate surface area is 97.3 Å². The molecular weight excluding hydrogens is 223 g/mol. The van der Waals surface area contributed by atoms with E-state index >= 15 is 0 Å². The first-order valence-corrected chi connectivity index (χ1v) is 5.09. The first kappa shape index (κ1) is 11.3. The van der Waals surface area contributed by atoms with Gasteiger partial charge in [0.05, 0.1) is 17.8 Å². The Morgan fingerprint density at radius 1 is 1.41 bits per heavy atom. The number of aliphatic carboxylic acids is 1. The van der Waals surface area contributed by atoms with E-state index in [4.69, 9.17) is 5.11 Å². The maximum absolute atomic E-state index is 12.8. The van der Waals surface area contributed by atoms with E-state index in [0.29, 0.717) is 11.4 Å². The minimum atomic E-state index is -0.922. The van der Waals surface area contributed by atoms with Crippen LogP contribution in [0.25, 0.3) is 5.69 Å². The molecule has 88 valence electrons. The van der Waals surface area contributed by atoms with Gasteiger partial charge in [-0.05, 0) is 37.3 Å². The molecule has 1 aromatic heterocycles. The standard InChI is InChI=1S/C12H11FN2O2/c1-8-6-10(7-12(16)17)14-15(8)11-4-2-9(13)3-5-11/h2-6H,7H2,1H3,(H,16,17). The van der Waals surface area contributed by atoms with Crippen LogP contribution < -0.4 is 0 Å².